The van der Waals surface area contributed by atoms with Crippen LogP contribution < -0.4 is 21.1 Å². The summed E-state index contributed by atoms with van der Waals surface area (Å²) in [6, 6.07) is 27.7. The number of benzene rings is 3. The van der Waals surface area contributed by atoms with Crippen molar-refractivity contribution >= 4 is 16.7 Å². The zero-order valence-electron chi connectivity index (χ0n) is 17.1. The summed E-state index contributed by atoms with van der Waals surface area (Å²) in [6.45, 7) is 0.863. The van der Waals surface area contributed by atoms with Gasteiger partial charge in [-0.15, -0.1) is 0 Å². The van der Waals surface area contributed by atoms with E-state index in [1.54, 1.807) is 0 Å². The van der Waals surface area contributed by atoms with Crippen molar-refractivity contribution < 1.29 is 9.47 Å². The summed E-state index contributed by atoms with van der Waals surface area (Å²) in [7, 11) is 0. The third kappa shape index (κ3) is 5.51. The lowest BCUT2D eigenvalue weighted by molar-refractivity contribution is 0.295. The first-order valence-corrected chi connectivity index (χ1v) is 10.00. The Bertz CT molecular complexity index is 1190. The average Bonchev–Trinajstić information content (AvgIpc) is 2.82. The molecule has 31 heavy (non-hydrogen) atoms. The van der Waals surface area contributed by atoms with E-state index in [-0.39, 0.29) is 0 Å². The normalized spacial score (nSPS) is 11.4. The number of pyridine rings is 1. The predicted molar refractivity (Wildman–Crippen MR) is 123 cm³/mol. The average molecular weight is 412 g/mol. The molecule has 1 heterocycles. The summed E-state index contributed by atoms with van der Waals surface area (Å²) >= 11 is 0. The molecule has 0 aliphatic rings. The number of hydrazone groups is 1. The summed E-state index contributed by atoms with van der Waals surface area (Å²) in [5.41, 5.74) is 9.64. The highest BCUT2D eigenvalue weighted by atomic mass is 16.5. The van der Waals surface area contributed by atoms with E-state index in [9.17, 15) is 0 Å². The molecule has 0 aliphatic heterocycles. The fourth-order valence-corrected chi connectivity index (χ4v) is 3.23. The lowest BCUT2D eigenvalue weighted by Crippen LogP contribution is -2.17. The van der Waals surface area contributed by atoms with Crippen LogP contribution in [-0.4, -0.2) is 10.8 Å². The van der Waals surface area contributed by atoms with E-state index in [4.69, 9.17) is 21.1 Å². The fourth-order valence-electron chi connectivity index (χ4n) is 3.23. The Kier molecular flexibility index (Phi) is 6.28. The van der Waals surface area contributed by atoms with Crippen molar-refractivity contribution in [3.63, 3.8) is 0 Å². The Hall–Kier alpha value is -4.06. The van der Waals surface area contributed by atoms with Crippen molar-refractivity contribution in [2.24, 2.45) is 16.7 Å². The topological polar surface area (TPSA) is 95.8 Å². The first kappa shape index (κ1) is 20.2. The van der Waals surface area contributed by atoms with Gasteiger partial charge in [-0.25, -0.2) is 4.98 Å². The van der Waals surface area contributed by atoms with Crippen LogP contribution in [0.5, 0.6) is 11.5 Å². The number of amidine groups is 1. The van der Waals surface area contributed by atoms with Gasteiger partial charge < -0.3 is 21.1 Å². The highest BCUT2D eigenvalue weighted by molar-refractivity contribution is 5.82. The molecule has 0 unspecified atom stereocenters. The first-order chi connectivity index (χ1) is 15.2. The van der Waals surface area contributed by atoms with Gasteiger partial charge in [0.2, 0.25) is 0 Å². The fraction of sp³-hybridized carbons (Fsp3) is 0.120. The SMILES string of the molecule is NN=C(N)Cc1cccc(COc2ccc(OCc3ccc4ccccc4n3)cc2)c1. The van der Waals surface area contributed by atoms with Gasteiger partial charge in [-0.05, 0) is 47.5 Å². The Morgan fingerprint density at radius 1 is 0.774 bits per heavy atom. The van der Waals surface area contributed by atoms with E-state index in [0.717, 1.165) is 39.2 Å². The van der Waals surface area contributed by atoms with Gasteiger partial charge in [-0.2, -0.15) is 5.10 Å². The lowest BCUT2D eigenvalue weighted by atomic mass is 10.1. The zero-order valence-corrected chi connectivity index (χ0v) is 17.1. The molecule has 3 aromatic carbocycles. The van der Waals surface area contributed by atoms with Gasteiger partial charge in [0.1, 0.15) is 30.5 Å². The summed E-state index contributed by atoms with van der Waals surface area (Å²) in [4.78, 5) is 4.63. The summed E-state index contributed by atoms with van der Waals surface area (Å²) in [5, 5.41) is 4.63. The Balaban J connectivity index is 1.31. The minimum Gasteiger partial charge on any atom is -0.489 e. The smallest absolute Gasteiger partial charge is 0.130 e. The molecule has 0 aliphatic carbocycles. The number of fused-ring (bicyclic) bond motifs is 1. The van der Waals surface area contributed by atoms with Gasteiger partial charge in [0.25, 0.3) is 0 Å². The van der Waals surface area contributed by atoms with Crippen molar-refractivity contribution in [2.45, 2.75) is 19.6 Å². The van der Waals surface area contributed by atoms with E-state index in [0.29, 0.717) is 25.5 Å². The maximum absolute atomic E-state index is 5.89. The molecule has 156 valence electrons. The third-order valence-corrected chi connectivity index (χ3v) is 4.81. The predicted octanol–water partition coefficient (Wildman–Crippen LogP) is 4.17. The second kappa shape index (κ2) is 9.63. The minimum atomic E-state index is 0.396. The molecule has 6 nitrogen and oxygen atoms in total. The van der Waals surface area contributed by atoms with Gasteiger partial charge in [0.05, 0.1) is 11.2 Å². The molecule has 0 spiro atoms. The van der Waals surface area contributed by atoms with Crippen LogP contribution in [0, 0.1) is 0 Å². The number of aromatic nitrogens is 1. The quantitative estimate of drug-likeness (QED) is 0.196. The van der Waals surface area contributed by atoms with Crippen LogP contribution in [0.4, 0.5) is 0 Å². The molecule has 0 atom stereocenters. The van der Waals surface area contributed by atoms with E-state index < -0.39 is 0 Å². The monoisotopic (exact) mass is 412 g/mol. The van der Waals surface area contributed by atoms with Gasteiger partial charge >= 0.3 is 0 Å². The zero-order chi connectivity index (χ0) is 21.5. The van der Waals surface area contributed by atoms with Crippen molar-refractivity contribution in [1.29, 1.82) is 0 Å². The molecule has 0 saturated carbocycles. The molecule has 4 rings (SSSR count). The molecule has 0 bridgehead atoms. The second-order valence-corrected chi connectivity index (χ2v) is 7.16. The van der Waals surface area contributed by atoms with Crippen LogP contribution in [0.3, 0.4) is 0 Å². The van der Waals surface area contributed by atoms with Gasteiger partial charge in [0.15, 0.2) is 0 Å². The third-order valence-electron chi connectivity index (χ3n) is 4.81. The molecular formula is C25H24N4O2. The Labute approximate surface area is 181 Å². The van der Waals surface area contributed by atoms with Crippen LogP contribution in [0.25, 0.3) is 10.9 Å². The number of hydrogen-bond acceptors (Lipinski definition) is 5. The van der Waals surface area contributed by atoms with Gasteiger partial charge in [0, 0.05) is 11.8 Å². The van der Waals surface area contributed by atoms with Gasteiger partial charge in [-0.1, -0.05) is 48.5 Å². The molecular weight excluding hydrogens is 388 g/mol. The highest BCUT2D eigenvalue weighted by Gasteiger charge is 2.03. The summed E-state index contributed by atoms with van der Waals surface area (Å²) < 4.78 is 11.8. The first-order valence-electron chi connectivity index (χ1n) is 10.00. The molecule has 4 N–H and O–H groups in total. The van der Waals surface area contributed by atoms with Crippen LogP contribution in [0.1, 0.15) is 16.8 Å². The van der Waals surface area contributed by atoms with E-state index in [1.165, 1.54) is 0 Å². The van der Waals surface area contributed by atoms with Gasteiger partial charge in [-0.3, -0.25) is 0 Å². The van der Waals surface area contributed by atoms with Crippen LogP contribution in [-0.2, 0) is 19.6 Å². The number of rotatable bonds is 8. The summed E-state index contributed by atoms with van der Waals surface area (Å²) in [5.74, 6) is 7.13. The van der Waals surface area contributed by atoms with Crippen LogP contribution in [0.2, 0.25) is 0 Å². The largest absolute Gasteiger partial charge is 0.489 e. The molecule has 0 amide bonds. The number of para-hydroxylation sites is 1. The molecule has 4 aromatic rings. The Morgan fingerprint density at radius 3 is 2.26 bits per heavy atom. The van der Waals surface area contributed by atoms with Crippen LogP contribution >= 0.6 is 0 Å². The van der Waals surface area contributed by atoms with E-state index in [2.05, 4.69) is 16.2 Å². The molecule has 0 radical (unpaired) electrons. The van der Waals surface area contributed by atoms with E-state index >= 15 is 0 Å². The molecule has 1 aromatic heterocycles. The van der Waals surface area contributed by atoms with Crippen LogP contribution in [0.15, 0.2) is 90.0 Å². The number of nitrogens with two attached hydrogens (primary N) is 2. The highest BCUT2D eigenvalue weighted by Crippen LogP contribution is 2.20. The molecule has 0 fully saturated rings. The van der Waals surface area contributed by atoms with Crippen molar-refractivity contribution in [2.75, 3.05) is 0 Å². The lowest BCUT2D eigenvalue weighted by Gasteiger charge is -2.10. The summed E-state index contributed by atoms with van der Waals surface area (Å²) in [6.07, 6.45) is 0.516. The van der Waals surface area contributed by atoms with Crippen molar-refractivity contribution in [3.8, 4) is 11.5 Å². The second-order valence-electron chi connectivity index (χ2n) is 7.16. The maximum atomic E-state index is 5.89. The van der Waals surface area contributed by atoms with Crippen molar-refractivity contribution in [3.05, 3.63) is 102 Å². The molecule has 6 heteroatoms. The minimum absolute atomic E-state index is 0.396. The number of ether oxygens (including phenoxy) is 2. The maximum Gasteiger partial charge on any atom is 0.130 e. The van der Waals surface area contributed by atoms with E-state index in [1.807, 2.05) is 78.9 Å². The molecule has 0 saturated heterocycles. The standard InChI is InChI=1S/C25H24N4O2/c26-25(29-27)15-18-4-3-5-19(14-18)16-30-22-10-12-23(13-11-22)31-17-21-9-8-20-6-1-2-7-24(20)28-21/h1-14H,15-17,27H2,(H2,26,29). The number of nitrogens with zero attached hydrogens (tertiary/aromatic N) is 2. The number of hydrogen-bond donors (Lipinski definition) is 2. The van der Waals surface area contributed by atoms with Crippen molar-refractivity contribution in [1.82, 2.24) is 4.98 Å². The Morgan fingerprint density at radius 2 is 1.48 bits per heavy atom.